The van der Waals surface area contributed by atoms with Crippen LogP contribution in [0.1, 0.15) is 61.8 Å². The third kappa shape index (κ3) is 14.5. The molecule has 1 heteroatoms. The Labute approximate surface area is 85.7 Å². The van der Waals surface area contributed by atoms with E-state index in [2.05, 4.69) is 32.7 Å². The van der Waals surface area contributed by atoms with Crippen molar-refractivity contribution < 1.29 is 0 Å². The van der Waals surface area contributed by atoms with Gasteiger partial charge in [-0.3, -0.25) is 4.99 Å². The zero-order chi connectivity index (χ0) is 11.3. The topological polar surface area (TPSA) is 12.4 Å². The lowest BCUT2D eigenvalue weighted by Gasteiger charge is -2.05. The van der Waals surface area contributed by atoms with Crippen molar-refractivity contribution in [3.63, 3.8) is 0 Å². The van der Waals surface area contributed by atoms with Crippen LogP contribution in [0.15, 0.2) is 4.99 Å². The van der Waals surface area contributed by atoms with Gasteiger partial charge in [0, 0.05) is 12.3 Å². The maximum atomic E-state index is 4.31. The SMILES string of the molecule is CC.CC.CCN=C(C)C(C)CC. The minimum Gasteiger partial charge on any atom is -0.294 e. The third-order valence-electron chi connectivity index (χ3n) is 1.73. The van der Waals surface area contributed by atoms with Gasteiger partial charge in [0.1, 0.15) is 0 Å². The second-order valence-electron chi connectivity index (χ2n) is 2.43. The van der Waals surface area contributed by atoms with Crippen LogP contribution < -0.4 is 0 Å². The Kier molecular flexibility index (Phi) is 25.1. The fourth-order valence-corrected chi connectivity index (χ4v) is 0.701. The molecule has 1 atom stereocenters. The molecule has 0 aliphatic rings. The molecule has 1 nitrogen and oxygen atoms in total. The zero-order valence-electron chi connectivity index (χ0n) is 10.9. The molecule has 0 amide bonds. The summed E-state index contributed by atoms with van der Waals surface area (Å²) in [5.74, 6) is 0.671. The number of rotatable bonds is 3. The first-order valence-electron chi connectivity index (χ1n) is 5.73. The first-order chi connectivity index (χ1) is 6.22. The van der Waals surface area contributed by atoms with Crippen LogP contribution in [-0.4, -0.2) is 12.3 Å². The van der Waals surface area contributed by atoms with E-state index in [1.165, 1.54) is 12.1 Å². The molecule has 0 spiro atoms. The third-order valence-corrected chi connectivity index (χ3v) is 1.73. The largest absolute Gasteiger partial charge is 0.294 e. The van der Waals surface area contributed by atoms with Gasteiger partial charge in [-0.1, -0.05) is 41.5 Å². The number of hydrogen-bond donors (Lipinski definition) is 0. The summed E-state index contributed by atoms with van der Waals surface area (Å²) in [4.78, 5) is 4.31. The fraction of sp³-hybridized carbons (Fsp3) is 0.917. The molecule has 0 aliphatic heterocycles. The van der Waals surface area contributed by atoms with Gasteiger partial charge in [0.25, 0.3) is 0 Å². The Hall–Kier alpha value is -0.330. The van der Waals surface area contributed by atoms with E-state index in [1.54, 1.807) is 0 Å². The van der Waals surface area contributed by atoms with E-state index in [-0.39, 0.29) is 0 Å². The highest BCUT2D eigenvalue weighted by Crippen LogP contribution is 2.02. The lowest BCUT2D eigenvalue weighted by atomic mass is 10.0. The van der Waals surface area contributed by atoms with Crippen molar-refractivity contribution >= 4 is 5.71 Å². The van der Waals surface area contributed by atoms with Gasteiger partial charge >= 0.3 is 0 Å². The van der Waals surface area contributed by atoms with Gasteiger partial charge in [0.15, 0.2) is 0 Å². The predicted octanol–water partition coefficient (Wildman–Crippen LogP) is 4.57. The molecular formula is C12H29N. The van der Waals surface area contributed by atoms with E-state index in [0.717, 1.165) is 6.54 Å². The van der Waals surface area contributed by atoms with Crippen molar-refractivity contribution in [2.45, 2.75) is 61.8 Å². The van der Waals surface area contributed by atoms with Gasteiger partial charge in [0.05, 0.1) is 0 Å². The van der Waals surface area contributed by atoms with Crippen molar-refractivity contribution in [3.8, 4) is 0 Å². The summed E-state index contributed by atoms with van der Waals surface area (Å²) in [7, 11) is 0. The summed E-state index contributed by atoms with van der Waals surface area (Å²) in [5, 5.41) is 0. The summed E-state index contributed by atoms with van der Waals surface area (Å²) in [6.07, 6.45) is 1.20. The first-order valence-corrected chi connectivity index (χ1v) is 5.73. The van der Waals surface area contributed by atoms with Crippen LogP contribution in [0.25, 0.3) is 0 Å². The van der Waals surface area contributed by atoms with E-state index < -0.39 is 0 Å². The molecule has 0 bridgehead atoms. The van der Waals surface area contributed by atoms with Crippen LogP contribution >= 0.6 is 0 Å². The Morgan fingerprint density at radius 2 is 1.46 bits per heavy atom. The van der Waals surface area contributed by atoms with Gasteiger partial charge in [0.2, 0.25) is 0 Å². The molecule has 0 saturated carbocycles. The highest BCUT2D eigenvalue weighted by atomic mass is 14.7. The van der Waals surface area contributed by atoms with Crippen LogP contribution in [0.5, 0.6) is 0 Å². The van der Waals surface area contributed by atoms with Crippen LogP contribution in [-0.2, 0) is 0 Å². The molecule has 1 unspecified atom stereocenters. The number of nitrogens with zero attached hydrogens (tertiary/aromatic N) is 1. The number of hydrogen-bond acceptors (Lipinski definition) is 1. The van der Waals surface area contributed by atoms with Crippen molar-refractivity contribution in [1.82, 2.24) is 0 Å². The quantitative estimate of drug-likeness (QED) is 0.574. The fourth-order valence-electron chi connectivity index (χ4n) is 0.701. The zero-order valence-corrected chi connectivity index (χ0v) is 10.9. The predicted molar refractivity (Wildman–Crippen MR) is 65.8 cm³/mol. The first kappa shape index (κ1) is 18.5. The van der Waals surface area contributed by atoms with Crippen LogP contribution in [0.2, 0.25) is 0 Å². The molecule has 0 saturated heterocycles. The molecule has 13 heavy (non-hydrogen) atoms. The van der Waals surface area contributed by atoms with Crippen LogP contribution in [0, 0.1) is 5.92 Å². The minimum absolute atomic E-state index is 0.671. The summed E-state index contributed by atoms with van der Waals surface area (Å²) in [6, 6.07) is 0. The highest BCUT2D eigenvalue weighted by molar-refractivity contribution is 5.83. The minimum atomic E-state index is 0.671. The summed E-state index contributed by atoms with van der Waals surface area (Å²) < 4.78 is 0. The van der Waals surface area contributed by atoms with Crippen molar-refractivity contribution in [2.75, 3.05) is 6.54 Å². The average molecular weight is 187 g/mol. The normalized spacial score (nSPS) is 11.8. The summed E-state index contributed by atoms with van der Waals surface area (Å²) in [5.41, 5.74) is 1.29. The maximum absolute atomic E-state index is 4.31. The summed E-state index contributed by atoms with van der Waals surface area (Å²) in [6.45, 7) is 17.5. The van der Waals surface area contributed by atoms with Crippen molar-refractivity contribution in [3.05, 3.63) is 0 Å². The maximum Gasteiger partial charge on any atom is 0.0360 e. The molecule has 0 N–H and O–H groups in total. The van der Waals surface area contributed by atoms with Crippen molar-refractivity contribution in [1.29, 1.82) is 0 Å². The molecule has 0 aromatic heterocycles. The molecule has 0 radical (unpaired) electrons. The molecule has 82 valence electrons. The van der Waals surface area contributed by atoms with Gasteiger partial charge < -0.3 is 0 Å². The average Bonchev–Trinajstić information content (AvgIpc) is 2.23. The monoisotopic (exact) mass is 187 g/mol. The lowest BCUT2D eigenvalue weighted by molar-refractivity contribution is 0.731. The number of aliphatic imine (C=N–C) groups is 1. The summed E-state index contributed by atoms with van der Waals surface area (Å²) >= 11 is 0. The Bertz CT molecular complexity index is 95.3. The Morgan fingerprint density at radius 3 is 1.69 bits per heavy atom. The molecule has 0 aromatic rings. The van der Waals surface area contributed by atoms with Gasteiger partial charge in [-0.15, -0.1) is 0 Å². The second-order valence-corrected chi connectivity index (χ2v) is 2.43. The Morgan fingerprint density at radius 1 is 1.08 bits per heavy atom. The van der Waals surface area contributed by atoms with Gasteiger partial charge in [-0.25, -0.2) is 0 Å². The second kappa shape index (κ2) is 17.7. The molecule has 0 fully saturated rings. The van der Waals surface area contributed by atoms with E-state index in [4.69, 9.17) is 0 Å². The molecule has 0 heterocycles. The van der Waals surface area contributed by atoms with Gasteiger partial charge in [-0.2, -0.15) is 0 Å². The highest BCUT2D eigenvalue weighted by Gasteiger charge is 1.99. The van der Waals surface area contributed by atoms with E-state index in [9.17, 15) is 0 Å². The molecule has 0 aliphatic carbocycles. The standard InChI is InChI=1S/C8H17N.2C2H6/c1-5-7(3)8(4)9-6-2;2*1-2/h7H,5-6H2,1-4H3;2*1-2H3. The molecule has 0 aromatic carbocycles. The lowest BCUT2D eigenvalue weighted by Crippen LogP contribution is -2.05. The van der Waals surface area contributed by atoms with E-state index in [1.807, 2.05) is 27.7 Å². The molecule has 0 rings (SSSR count). The Balaban J connectivity index is -0.000000218. The molecular weight excluding hydrogens is 158 g/mol. The van der Waals surface area contributed by atoms with E-state index >= 15 is 0 Å². The van der Waals surface area contributed by atoms with E-state index in [0.29, 0.717) is 5.92 Å². The van der Waals surface area contributed by atoms with Crippen LogP contribution in [0.4, 0.5) is 0 Å². The van der Waals surface area contributed by atoms with Crippen LogP contribution in [0.3, 0.4) is 0 Å². The van der Waals surface area contributed by atoms with Crippen molar-refractivity contribution in [2.24, 2.45) is 10.9 Å². The smallest absolute Gasteiger partial charge is 0.0360 e. The van der Waals surface area contributed by atoms with Gasteiger partial charge in [-0.05, 0) is 26.2 Å².